The largest absolute Gasteiger partial charge is 0.298 e. The van der Waals surface area contributed by atoms with Gasteiger partial charge in [0.2, 0.25) is 5.91 Å². The molecule has 1 N–H and O–H groups in total. The molecule has 1 aliphatic heterocycles. The van der Waals surface area contributed by atoms with Crippen molar-refractivity contribution >= 4 is 52.5 Å². The Morgan fingerprint density at radius 1 is 1.30 bits per heavy atom. The highest BCUT2D eigenvalue weighted by atomic mass is 32.2. The van der Waals surface area contributed by atoms with Gasteiger partial charge in [0.05, 0.1) is 4.91 Å². The quantitative estimate of drug-likeness (QED) is 0.503. The lowest BCUT2D eigenvalue weighted by atomic mass is 10.1. The zero-order chi connectivity index (χ0) is 17.0. The van der Waals surface area contributed by atoms with Gasteiger partial charge in [-0.2, -0.15) is 5.01 Å². The predicted octanol–water partition coefficient (Wildman–Crippen LogP) is 2.78. The first-order valence-corrected chi connectivity index (χ1v) is 8.26. The van der Waals surface area contributed by atoms with Crippen molar-refractivity contribution in [1.82, 2.24) is 10.4 Å². The highest BCUT2D eigenvalue weighted by molar-refractivity contribution is 8.26. The fourth-order valence-electron chi connectivity index (χ4n) is 1.93. The van der Waals surface area contributed by atoms with Crippen LogP contribution in [-0.2, 0) is 9.59 Å². The second kappa shape index (κ2) is 7.52. The van der Waals surface area contributed by atoms with Crippen LogP contribution in [0.25, 0.3) is 6.08 Å². The third-order valence-electron chi connectivity index (χ3n) is 2.99. The number of thioether (sulfide) groups is 1. The summed E-state index contributed by atoms with van der Waals surface area (Å²) >= 11 is 6.28. The van der Waals surface area contributed by atoms with Gasteiger partial charge < -0.3 is 0 Å². The SMILES string of the molecule is CC(C)CC(=O)NN1C(=O)/C(=C\c2ccc(C=O)cc2)SC1=S. The molecule has 1 aromatic carbocycles. The monoisotopic (exact) mass is 348 g/mol. The normalized spacial score (nSPS) is 16.3. The zero-order valence-electron chi connectivity index (χ0n) is 12.7. The third kappa shape index (κ3) is 4.49. The molecule has 1 aliphatic rings. The van der Waals surface area contributed by atoms with E-state index < -0.39 is 0 Å². The number of carbonyl (C=O) groups is 3. The maximum atomic E-state index is 12.3. The molecule has 1 saturated heterocycles. The molecular formula is C16H16N2O3S2. The van der Waals surface area contributed by atoms with E-state index in [1.807, 2.05) is 13.8 Å². The molecule has 0 bridgehead atoms. The Labute approximate surface area is 144 Å². The minimum absolute atomic E-state index is 0.195. The van der Waals surface area contributed by atoms with E-state index >= 15 is 0 Å². The predicted molar refractivity (Wildman–Crippen MR) is 94.4 cm³/mol. The molecule has 0 spiro atoms. The van der Waals surface area contributed by atoms with Crippen LogP contribution in [0.3, 0.4) is 0 Å². The van der Waals surface area contributed by atoms with Gasteiger partial charge in [-0.15, -0.1) is 0 Å². The Morgan fingerprint density at radius 2 is 1.91 bits per heavy atom. The number of rotatable bonds is 5. The molecule has 2 amide bonds. The van der Waals surface area contributed by atoms with Gasteiger partial charge in [0, 0.05) is 12.0 Å². The second-order valence-electron chi connectivity index (χ2n) is 5.43. The Balaban J connectivity index is 2.12. The lowest BCUT2D eigenvalue weighted by Gasteiger charge is -2.16. The summed E-state index contributed by atoms with van der Waals surface area (Å²) in [7, 11) is 0. The molecule has 0 radical (unpaired) electrons. The van der Waals surface area contributed by atoms with Crippen LogP contribution in [0.2, 0.25) is 0 Å². The zero-order valence-corrected chi connectivity index (χ0v) is 14.4. The molecular weight excluding hydrogens is 332 g/mol. The van der Waals surface area contributed by atoms with E-state index in [2.05, 4.69) is 5.43 Å². The highest BCUT2D eigenvalue weighted by Crippen LogP contribution is 2.31. The van der Waals surface area contributed by atoms with Crippen molar-refractivity contribution in [3.63, 3.8) is 0 Å². The molecule has 2 rings (SSSR count). The number of thiocarbonyl (C=S) groups is 1. The van der Waals surface area contributed by atoms with Crippen LogP contribution in [0.1, 0.15) is 36.2 Å². The maximum Gasteiger partial charge on any atom is 0.285 e. The number of hydrogen-bond acceptors (Lipinski definition) is 5. The number of hydrogen-bond donors (Lipinski definition) is 1. The van der Waals surface area contributed by atoms with Gasteiger partial charge in [-0.05, 0) is 29.8 Å². The number of benzene rings is 1. The molecule has 0 aliphatic carbocycles. The van der Waals surface area contributed by atoms with E-state index in [4.69, 9.17) is 12.2 Å². The first-order chi connectivity index (χ1) is 10.9. The van der Waals surface area contributed by atoms with Crippen molar-refractivity contribution in [2.75, 3.05) is 0 Å². The molecule has 1 heterocycles. The number of aldehydes is 1. The van der Waals surface area contributed by atoms with Crippen LogP contribution in [0.15, 0.2) is 29.2 Å². The van der Waals surface area contributed by atoms with Crippen LogP contribution in [0.4, 0.5) is 0 Å². The van der Waals surface area contributed by atoms with Gasteiger partial charge in [0.25, 0.3) is 5.91 Å². The van der Waals surface area contributed by atoms with E-state index in [-0.39, 0.29) is 17.7 Å². The standard InChI is InChI=1S/C16H16N2O3S2/c1-10(2)7-14(20)17-18-15(21)13(23-16(18)22)8-11-3-5-12(9-19)6-4-11/h3-6,8-10H,7H2,1-2H3,(H,17,20)/b13-8+. The number of nitrogens with one attached hydrogen (secondary N) is 1. The van der Waals surface area contributed by atoms with Gasteiger partial charge in [-0.3, -0.25) is 19.8 Å². The first kappa shape index (κ1) is 17.4. The van der Waals surface area contributed by atoms with Crippen molar-refractivity contribution < 1.29 is 14.4 Å². The minimum atomic E-state index is -0.350. The van der Waals surface area contributed by atoms with Crippen molar-refractivity contribution in [2.45, 2.75) is 20.3 Å². The Morgan fingerprint density at radius 3 is 2.48 bits per heavy atom. The fraction of sp³-hybridized carbons (Fsp3) is 0.250. The Hall–Kier alpha value is -1.99. The number of hydrazine groups is 1. The van der Waals surface area contributed by atoms with Crippen LogP contribution in [0.5, 0.6) is 0 Å². The lowest BCUT2D eigenvalue weighted by Crippen LogP contribution is -2.45. The Bertz CT molecular complexity index is 681. The van der Waals surface area contributed by atoms with E-state index in [1.54, 1.807) is 30.3 Å². The lowest BCUT2D eigenvalue weighted by molar-refractivity contribution is -0.133. The first-order valence-electron chi connectivity index (χ1n) is 7.03. The summed E-state index contributed by atoms with van der Waals surface area (Å²) < 4.78 is 0.294. The smallest absolute Gasteiger partial charge is 0.285 e. The summed E-state index contributed by atoms with van der Waals surface area (Å²) in [6, 6.07) is 6.83. The molecule has 0 atom stereocenters. The summed E-state index contributed by atoms with van der Waals surface area (Å²) in [5.41, 5.74) is 3.89. The summed E-state index contributed by atoms with van der Waals surface area (Å²) in [4.78, 5) is 35.2. The van der Waals surface area contributed by atoms with Crippen molar-refractivity contribution in [2.24, 2.45) is 5.92 Å². The van der Waals surface area contributed by atoms with Crippen LogP contribution < -0.4 is 5.43 Å². The minimum Gasteiger partial charge on any atom is -0.298 e. The second-order valence-corrected chi connectivity index (χ2v) is 7.11. The summed E-state index contributed by atoms with van der Waals surface area (Å²) in [5.74, 6) is -0.398. The highest BCUT2D eigenvalue weighted by Gasteiger charge is 2.33. The van der Waals surface area contributed by atoms with Gasteiger partial charge in [-0.25, -0.2) is 0 Å². The van der Waals surface area contributed by atoms with Gasteiger partial charge in [-0.1, -0.05) is 49.9 Å². The van der Waals surface area contributed by atoms with Crippen molar-refractivity contribution in [3.05, 3.63) is 40.3 Å². The van der Waals surface area contributed by atoms with Crippen LogP contribution in [-0.4, -0.2) is 27.4 Å². The number of amides is 2. The van der Waals surface area contributed by atoms with Gasteiger partial charge in [0.1, 0.15) is 6.29 Å². The molecule has 0 unspecified atom stereocenters. The maximum absolute atomic E-state index is 12.3. The molecule has 23 heavy (non-hydrogen) atoms. The summed E-state index contributed by atoms with van der Waals surface area (Å²) in [6.45, 7) is 3.85. The fourth-order valence-corrected chi connectivity index (χ4v) is 3.11. The average Bonchev–Trinajstić information content (AvgIpc) is 2.75. The molecule has 120 valence electrons. The van der Waals surface area contributed by atoms with E-state index in [9.17, 15) is 14.4 Å². The summed E-state index contributed by atoms with van der Waals surface area (Å²) in [5, 5.41) is 1.11. The van der Waals surface area contributed by atoms with Crippen molar-refractivity contribution in [3.8, 4) is 0 Å². The average molecular weight is 348 g/mol. The molecule has 0 saturated carbocycles. The van der Waals surface area contributed by atoms with E-state index in [1.165, 1.54) is 0 Å². The van der Waals surface area contributed by atoms with Gasteiger partial charge in [0.15, 0.2) is 4.32 Å². The molecule has 7 heteroatoms. The topological polar surface area (TPSA) is 66.5 Å². The molecule has 1 aromatic rings. The number of nitrogens with zero attached hydrogens (tertiary/aromatic N) is 1. The Kier molecular flexibility index (Phi) is 5.68. The molecule has 1 fully saturated rings. The summed E-state index contributed by atoms with van der Waals surface area (Å²) in [6.07, 6.45) is 2.76. The van der Waals surface area contributed by atoms with Crippen LogP contribution >= 0.6 is 24.0 Å². The van der Waals surface area contributed by atoms with Gasteiger partial charge >= 0.3 is 0 Å². The number of carbonyl (C=O) groups excluding carboxylic acids is 3. The third-order valence-corrected chi connectivity index (χ3v) is 4.30. The molecule has 5 nitrogen and oxygen atoms in total. The van der Waals surface area contributed by atoms with E-state index in [0.717, 1.165) is 28.6 Å². The van der Waals surface area contributed by atoms with Crippen LogP contribution in [0, 0.1) is 5.92 Å². The molecule has 0 aromatic heterocycles. The van der Waals surface area contributed by atoms with E-state index in [0.29, 0.717) is 21.2 Å². The van der Waals surface area contributed by atoms with Crippen molar-refractivity contribution in [1.29, 1.82) is 0 Å².